The van der Waals surface area contributed by atoms with Crippen molar-refractivity contribution in [2.24, 2.45) is 0 Å². The molecule has 0 aliphatic carbocycles. The summed E-state index contributed by atoms with van der Waals surface area (Å²) in [6, 6.07) is 17.9. The SMILES string of the molecule is Clc1c(Cl)c(Cl)c2c(c1Cl)OC1SCC1([c-]1cccc1)O2.[Fe].c1cc[cH-]c1. The van der Waals surface area contributed by atoms with Crippen molar-refractivity contribution in [2.45, 2.75) is 11.0 Å². The molecule has 0 spiro atoms. The van der Waals surface area contributed by atoms with Gasteiger partial charge in [0.05, 0.1) is 10.0 Å². The molecule has 0 radical (unpaired) electrons. The van der Waals surface area contributed by atoms with Gasteiger partial charge in [-0.25, -0.2) is 24.3 Å². The summed E-state index contributed by atoms with van der Waals surface area (Å²) in [5.74, 6) is 1.49. The number of rotatable bonds is 1. The third-order valence-corrected chi connectivity index (χ3v) is 7.37. The number of hydrogen-bond acceptors (Lipinski definition) is 3. The number of benzene rings is 1. The molecule has 1 saturated heterocycles. The van der Waals surface area contributed by atoms with Gasteiger partial charge in [0, 0.05) is 22.8 Å². The smallest absolute Gasteiger partial charge is 0.184 e. The predicted octanol–water partition coefficient (Wildman–Crippen LogP) is 7.16. The summed E-state index contributed by atoms with van der Waals surface area (Å²) < 4.78 is 12.2. The first-order chi connectivity index (χ1) is 12.5. The molecular formula is C19H12Cl4FeO2S-2. The summed E-state index contributed by atoms with van der Waals surface area (Å²) >= 11 is 26.3. The van der Waals surface area contributed by atoms with E-state index in [-0.39, 0.29) is 42.6 Å². The maximum Gasteiger partial charge on any atom is 0.184 e. The van der Waals surface area contributed by atoms with Gasteiger partial charge in [-0.1, -0.05) is 46.4 Å². The zero-order chi connectivity index (χ0) is 18.3. The van der Waals surface area contributed by atoms with Crippen LogP contribution in [0.2, 0.25) is 20.1 Å². The van der Waals surface area contributed by atoms with Gasteiger partial charge in [-0.05, 0) is 0 Å². The molecule has 0 N–H and O–H groups in total. The Balaban J connectivity index is 0.000000306. The van der Waals surface area contributed by atoms with Crippen LogP contribution >= 0.6 is 58.2 Å². The van der Waals surface area contributed by atoms with Crippen LogP contribution < -0.4 is 9.47 Å². The Labute approximate surface area is 192 Å². The van der Waals surface area contributed by atoms with Gasteiger partial charge in [0.25, 0.3) is 0 Å². The molecule has 2 aliphatic heterocycles. The van der Waals surface area contributed by atoms with Gasteiger partial charge in [0.1, 0.15) is 15.6 Å². The van der Waals surface area contributed by atoms with Crippen LogP contribution in [-0.4, -0.2) is 11.2 Å². The van der Waals surface area contributed by atoms with E-state index in [1.165, 1.54) is 0 Å². The maximum atomic E-state index is 6.26. The molecule has 0 bridgehead atoms. The van der Waals surface area contributed by atoms with Crippen LogP contribution in [0.5, 0.6) is 11.5 Å². The van der Waals surface area contributed by atoms with Crippen LogP contribution in [0.15, 0.2) is 54.6 Å². The van der Waals surface area contributed by atoms with Crippen LogP contribution in [-0.2, 0) is 22.7 Å². The zero-order valence-corrected chi connectivity index (χ0v) is 18.5. The fourth-order valence-electron chi connectivity index (χ4n) is 2.84. The predicted molar refractivity (Wildman–Crippen MR) is 110 cm³/mol. The van der Waals surface area contributed by atoms with E-state index in [4.69, 9.17) is 55.9 Å². The number of ether oxygens (including phenoxy) is 2. The molecular weight excluding hydrogens is 490 g/mol. The quantitative estimate of drug-likeness (QED) is 0.152. The molecule has 5 rings (SSSR count). The number of fused-ring (bicyclic) bond motifs is 2. The number of thioether (sulfide) groups is 1. The largest absolute Gasteiger partial charge is 0.483 e. The molecule has 27 heavy (non-hydrogen) atoms. The molecule has 3 aromatic carbocycles. The first-order valence-corrected chi connectivity index (χ1v) is 10.3. The van der Waals surface area contributed by atoms with Crippen molar-refractivity contribution in [3.8, 4) is 11.5 Å². The Morgan fingerprint density at radius 2 is 1.52 bits per heavy atom. The summed E-state index contributed by atoms with van der Waals surface area (Å²) in [7, 11) is 0. The minimum Gasteiger partial charge on any atom is -0.483 e. The van der Waals surface area contributed by atoms with E-state index in [0.717, 1.165) is 11.3 Å². The van der Waals surface area contributed by atoms with E-state index in [2.05, 4.69) is 0 Å². The summed E-state index contributed by atoms with van der Waals surface area (Å²) in [6.45, 7) is 0. The molecule has 2 atom stereocenters. The molecule has 2 heterocycles. The molecule has 0 amide bonds. The minimum absolute atomic E-state index is 0. The topological polar surface area (TPSA) is 18.5 Å². The van der Waals surface area contributed by atoms with Crippen molar-refractivity contribution in [1.82, 2.24) is 0 Å². The third-order valence-electron chi connectivity index (χ3n) is 4.23. The zero-order valence-electron chi connectivity index (χ0n) is 13.6. The standard InChI is InChI=1S/C14H7Cl4O2S.C5H5.Fe/c15-7-8(16)10(18)12-11(9(7)17)19-13-14(20-12,5-21-13)6-3-1-2-4-6;1-2-4-5-3-1;/h1-4,13H,5H2;1-5H;/q2*-1;. The first kappa shape index (κ1) is 21.3. The summed E-state index contributed by atoms with van der Waals surface area (Å²) in [5, 5.41) is 0.802. The molecule has 1 fully saturated rings. The Morgan fingerprint density at radius 1 is 0.926 bits per heavy atom. The Hall–Kier alpha value is -0.451. The van der Waals surface area contributed by atoms with E-state index < -0.39 is 5.60 Å². The van der Waals surface area contributed by atoms with Gasteiger partial charge in [0.15, 0.2) is 16.9 Å². The molecule has 3 aromatic rings. The van der Waals surface area contributed by atoms with Gasteiger partial charge in [0.2, 0.25) is 0 Å². The van der Waals surface area contributed by atoms with Crippen molar-refractivity contribution < 1.29 is 26.5 Å². The summed E-state index contributed by atoms with van der Waals surface area (Å²) in [6.07, 6.45) is 0. The molecule has 8 heteroatoms. The van der Waals surface area contributed by atoms with E-state index in [0.29, 0.717) is 11.5 Å². The Bertz CT molecular complexity index is 897. The molecule has 2 unspecified atom stereocenters. The van der Waals surface area contributed by atoms with Gasteiger partial charge in [-0.2, -0.15) is 30.3 Å². The van der Waals surface area contributed by atoms with Gasteiger partial charge in [-0.3, -0.25) is 0 Å². The molecule has 2 aliphatic rings. The Morgan fingerprint density at radius 3 is 2.00 bits per heavy atom. The van der Waals surface area contributed by atoms with Gasteiger partial charge in [-0.15, -0.1) is 17.3 Å². The van der Waals surface area contributed by atoms with Crippen LogP contribution in [0.25, 0.3) is 0 Å². The third kappa shape index (κ3) is 3.62. The number of hydrogen-bond donors (Lipinski definition) is 0. The fourth-order valence-corrected chi connectivity index (χ4v) is 4.92. The van der Waals surface area contributed by atoms with Crippen LogP contribution in [0.3, 0.4) is 0 Å². The summed E-state index contributed by atoms with van der Waals surface area (Å²) in [5.41, 5.74) is 0.319. The second kappa shape index (κ2) is 8.51. The minimum atomic E-state index is -0.550. The fraction of sp³-hybridized carbons (Fsp3) is 0.158. The molecule has 144 valence electrons. The van der Waals surface area contributed by atoms with Crippen molar-refractivity contribution in [2.75, 3.05) is 5.75 Å². The van der Waals surface area contributed by atoms with Crippen LogP contribution in [0, 0.1) is 0 Å². The molecule has 0 saturated carbocycles. The Kier molecular flexibility index (Phi) is 6.70. The summed E-state index contributed by atoms with van der Waals surface area (Å²) in [4.78, 5) is 0. The van der Waals surface area contributed by atoms with Crippen molar-refractivity contribution in [1.29, 1.82) is 0 Å². The monoisotopic (exact) mass is 500 g/mol. The van der Waals surface area contributed by atoms with Crippen molar-refractivity contribution in [3.63, 3.8) is 0 Å². The van der Waals surface area contributed by atoms with Crippen LogP contribution in [0.1, 0.15) is 5.56 Å². The first-order valence-electron chi connectivity index (χ1n) is 7.76. The van der Waals surface area contributed by atoms with E-state index >= 15 is 0 Å². The van der Waals surface area contributed by atoms with E-state index in [9.17, 15) is 0 Å². The van der Waals surface area contributed by atoms with E-state index in [1.54, 1.807) is 11.8 Å². The van der Waals surface area contributed by atoms with Crippen LogP contribution in [0.4, 0.5) is 0 Å². The molecule has 0 aromatic heterocycles. The van der Waals surface area contributed by atoms with Gasteiger partial charge < -0.3 is 9.47 Å². The van der Waals surface area contributed by atoms with E-state index in [1.807, 2.05) is 54.6 Å². The average Bonchev–Trinajstić information content (AvgIpc) is 3.35. The van der Waals surface area contributed by atoms with Crippen molar-refractivity contribution >= 4 is 58.2 Å². The van der Waals surface area contributed by atoms with Crippen molar-refractivity contribution in [3.05, 3.63) is 80.3 Å². The second-order valence-corrected chi connectivity index (χ2v) is 8.36. The normalized spacial score (nSPS) is 21.9. The second-order valence-electron chi connectivity index (χ2n) is 5.80. The molecule has 2 nitrogen and oxygen atoms in total. The average molecular weight is 502 g/mol. The van der Waals surface area contributed by atoms with Gasteiger partial charge >= 0.3 is 0 Å². The number of halogens is 4. The maximum absolute atomic E-state index is 6.26.